The lowest BCUT2D eigenvalue weighted by Crippen LogP contribution is -2.73. The van der Waals surface area contributed by atoms with Crippen LogP contribution in [0, 0.1) is 5.92 Å². The van der Waals surface area contributed by atoms with Crippen LogP contribution in [0.25, 0.3) is 10.2 Å². The number of ether oxygens (including phenoxy) is 2. The van der Waals surface area contributed by atoms with E-state index >= 15 is 0 Å². The number of thiazole rings is 1. The second-order valence-electron chi connectivity index (χ2n) is 11.1. The minimum absolute atomic E-state index is 0.191. The quantitative estimate of drug-likeness (QED) is 0.0610. The topological polar surface area (TPSA) is 127 Å². The molecule has 1 aliphatic heterocycles. The summed E-state index contributed by atoms with van der Waals surface area (Å²) < 4.78 is 10.7. The van der Waals surface area contributed by atoms with Crippen molar-refractivity contribution in [2.45, 2.75) is 58.4 Å². The molecule has 1 saturated carbocycles. The van der Waals surface area contributed by atoms with E-state index in [4.69, 9.17) is 44.3 Å². The molecule has 5 rings (SSSR count). The van der Waals surface area contributed by atoms with E-state index in [0.29, 0.717) is 22.7 Å². The van der Waals surface area contributed by atoms with Crippen molar-refractivity contribution in [3.63, 3.8) is 0 Å². The number of β-lactam (4-membered cyclic amide) rings is 1. The number of rotatable bonds is 14. The first-order valence-corrected chi connectivity index (χ1v) is 18.7. The Hall–Kier alpha value is -2.68. The van der Waals surface area contributed by atoms with E-state index in [9.17, 15) is 19.2 Å². The molecular weight excluding hydrogens is 727 g/mol. The predicted molar refractivity (Wildman–Crippen MR) is 188 cm³/mol. The fraction of sp³-hybridized carbons (Fsp3) is 0.387. The number of fused-ring (bicyclic) bond motifs is 1. The van der Waals surface area contributed by atoms with Gasteiger partial charge in [-0.1, -0.05) is 76.4 Å². The summed E-state index contributed by atoms with van der Waals surface area (Å²) >= 11 is 18.8. The molecule has 2 aliphatic rings. The van der Waals surface area contributed by atoms with Gasteiger partial charge in [-0.2, -0.15) is 0 Å². The summed E-state index contributed by atoms with van der Waals surface area (Å²) in [7, 11) is 2.58. The Labute approximate surface area is 298 Å². The Morgan fingerprint density at radius 3 is 2.53 bits per heavy atom. The number of benzene rings is 2. The van der Waals surface area contributed by atoms with Crippen LogP contribution in [0.4, 0.5) is 5.69 Å². The summed E-state index contributed by atoms with van der Waals surface area (Å²) in [6, 6.07) is 12.3. The molecule has 0 bridgehead atoms. The van der Waals surface area contributed by atoms with Gasteiger partial charge in [0.1, 0.15) is 24.1 Å². The van der Waals surface area contributed by atoms with Crippen molar-refractivity contribution >= 4 is 107 Å². The van der Waals surface area contributed by atoms with E-state index in [1.54, 1.807) is 31.2 Å². The molecule has 10 nitrogen and oxygen atoms in total. The molecular formula is C31H31Cl3N4O6S3. The highest BCUT2D eigenvalue weighted by Crippen LogP contribution is 2.45. The second kappa shape index (κ2) is 15.3. The van der Waals surface area contributed by atoms with Gasteiger partial charge in [0, 0.05) is 5.69 Å². The zero-order valence-corrected chi connectivity index (χ0v) is 30.0. The van der Waals surface area contributed by atoms with Crippen molar-refractivity contribution in [3.05, 3.63) is 66.2 Å². The van der Waals surface area contributed by atoms with Gasteiger partial charge in [-0.05, 0) is 73.2 Å². The highest BCUT2D eigenvalue weighted by atomic mass is 35.6. The Morgan fingerprint density at radius 2 is 1.85 bits per heavy atom. The minimum atomic E-state index is -1.85. The molecule has 1 aliphatic carbocycles. The lowest BCUT2D eigenvalue weighted by Gasteiger charge is -2.49. The molecule has 1 aromatic heterocycles. The van der Waals surface area contributed by atoms with Crippen LogP contribution in [0.3, 0.4) is 0 Å². The SMILES string of the molecule is C=C(C)C(C(=O)OCC(Cl)(Cl)Cl)N1C(=O)C(NC(=O)CNc2ccccc2C(=O)OC(C)C2CC2)C1SSc1nc2ccccc2s1. The third-order valence-corrected chi connectivity index (χ3v) is 11.8. The van der Waals surface area contributed by atoms with Crippen molar-refractivity contribution in [3.8, 4) is 0 Å². The third kappa shape index (κ3) is 9.07. The lowest BCUT2D eigenvalue weighted by molar-refractivity contribution is -0.162. The van der Waals surface area contributed by atoms with E-state index < -0.39 is 51.6 Å². The van der Waals surface area contributed by atoms with Gasteiger partial charge in [0.2, 0.25) is 15.6 Å². The van der Waals surface area contributed by atoms with Crippen LogP contribution >= 0.6 is 67.7 Å². The Balaban J connectivity index is 1.28. The molecule has 2 heterocycles. The fourth-order valence-electron chi connectivity index (χ4n) is 4.87. The first-order valence-electron chi connectivity index (χ1n) is 14.6. The number of aromatic nitrogens is 1. The van der Waals surface area contributed by atoms with Gasteiger partial charge >= 0.3 is 11.9 Å². The molecule has 2 aromatic carbocycles. The Bertz CT molecular complexity index is 1650. The van der Waals surface area contributed by atoms with Gasteiger partial charge in [0.25, 0.3) is 0 Å². The lowest BCUT2D eigenvalue weighted by atomic mass is 9.99. The molecule has 1 saturated heterocycles. The maximum atomic E-state index is 13.6. The number of carbonyl (C=O) groups is 4. The van der Waals surface area contributed by atoms with E-state index in [0.717, 1.165) is 27.4 Å². The summed E-state index contributed by atoms with van der Waals surface area (Å²) in [6.45, 7) is 6.59. The van der Waals surface area contributed by atoms with Gasteiger partial charge in [-0.15, -0.1) is 11.3 Å². The molecule has 3 aromatic rings. The number of nitrogens with zero attached hydrogens (tertiary/aromatic N) is 2. The van der Waals surface area contributed by atoms with Gasteiger partial charge in [-0.3, -0.25) is 9.59 Å². The van der Waals surface area contributed by atoms with Crippen molar-refractivity contribution < 1.29 is 28.7 Å². The summed E-state index contributed by atoms with van der Waals surface area (Å²) in [4.78, 5) is 58.6. The van der Waals surface area contributed by atoms with Crippen LogP contribution in [-0.4, -0.2) is 74.1 Å². The van der Waals surface area contributed by atoms with Gasteiger partial charge in [0.05, 0.1) is 22.3 Å². The molecule has 2 amide bonds. The van der Waals surface area contributed by atoms with Crippen LogP contribution < -0.4 is 10.6 Å². The predicted octanol–water partition coefficient (Wildman–Crippen LogP) is 6.62. The number of halogens is 3. The highest BCUT2D eigenvalue weighted by molar-refractivity contribution is 8.77. The molecule has 2 fully saturated rings. The van der Waals surface area contributed by atoms with Crippen molar-refractivity contribution in [2.75, 3.05) is 18.5 Å². The van der Waals surface area contributed by atoms with Gasteiger partial charge in [0.15, 0.2) is 10.4 Å². The van der Waals surface area contributed by atoms with Crippen molar-refractivity contribution in [1.29, 1.82) is 0 Å². The van der Waals surface area contributed by atoms with Crippen LogP contribution in [0.15, 0.2) is 65.0 Å². The van der Waals surface area contributed by atoms with Gasteiger partial charge in [-0.25, -0.2) is 14.6 Å². The maximum Gasteiger partial charge on any atom is 0.340 e. The summed E-state index contributed by atoms with van der Waals surface area (Å²) in [5.41, 5.74) is 1.89. The molecule has 47 heavy (non-hydrogen) atoms. The van der Waals surface area contributed by atoms with Crippen molar-refractivity contribution in [2.24, 2.45) is 5.92 Å². The minimum Gasteiger partial charge on any atom is -0.459 e. The van der Waals surface area contributed by atoms with Crippen LogP contribution in [0.1, 0.15) is 37.0 Å². The average Bonchev–Trinajstić information content (AvgIpc) is 3.80. The number of amides is 2. The number of carbonyl (C=O) groups excluding carboxylic acids is 4. The number of hydrogen-bond donors (Lipinski definition) is 2. The number of hydrogen-bond acceptors (Lipinski definition) is 11. The zero-order chi connectivity index (χ0) is 33.9. The number of esters is 2. The molecule has 16 heteroatoms. The average molecular weight is 758 g/mol. The Kier molecular flexibility index (Phi) is 11.6. The van der Waals surface area contributed by atoms with E-state index in [2.05, 4.69) is 22.2 Å². The number of anilines is 1. The molecule has 4 unspecified atom stereocenters. The summed E-state index contributed by atoms with van der Waals surface area (Å²) in [5, 5.41) is 5.04. The largest absolute Gasteiger partial charge is 0.459 e. The zero-order valence-electron chi connectivity index (χ0n) is 25.2. The number of para-hydroxylation sites is 2. The molecule has 0 spiro atoms. The number of nitrogens with one attached hydrogen (secondary N) is 2. The van der Waals surface area contributed by atoms with E-state index in [1.165, 1.54) is 37.8 Å². The highest BCUT2D eigenvalue weighted by Gasteiger charge is 2.54. The van der Waals surface area contributed by atoms with Gasteiger partial charge < -0.3 is 25.0 Å². The molecule has 250 valence electrons. The molecule has 0 radical (unpaired) electrons. The normalized spacial score (nSPS) is 19.0. The number of alkyl halides is 3. The fourth-order valence-corrected chi connectivity index (χ4v) is 8.99. The summed E-state index contributed by atoms with van der Waals surface area (Å²) in [5.74, 6) is -1.94. The number of likely N-dealkylation sites (tertiary alicyclic amines) is 1. The standard InChI is InChI=1S/C31H31Cl3N4O6S3/c1-16(2)25(29(42)43-15-31(32,33)34)38-26(40)24(27(38)46-47-30-36-21-10-6-7-11-22(21)45-30)37-23(39)14-35-20-9-5-4-8-19(20)28(41)44-17(3)18-12-13-18/h4-11,17-18,24-25,27,35H,1,12-15H2,2-3H3,(H,37,39). The van der Waals surface area contributed by atoms with E-state index in [1.807, 2.05) is 31.2 Å². The van der Waals surface area contributed by atoms with Crippen LogP contribution in [0.2, 0.25) is 0 Å². The monoisotopic (exact) mass is 756 g/mol. The van der Waals surface area contributed by atoms with E-state index in [-0.39, 0.29) is 12.6 Å². The Morgan fingerprint density at radius 1 is 1.15 bits per heavy atom. The smallest absolute Gasteiger partial charge is 0.340 e. The third-order valence-electron chi connectivity index (χ3n) is 7.40. The summed E-state index contributed by atoms with van der Waals surface area (Å²) in [6.07, 6.45) is 1.88. The molecule has 2 N–H and O–H groups in total. The first-order chi connectivity index (χ1) is 22.3. The second-order valence-corrected chi connectivity index (χ2v) is 17.2. The van der Waals surface area contributed by atoms with Crippen LogP contribution in [0.5, 0.6) is 0 Å². The van der Waals surface area contributed by atoms with Crippen LogP contribution in [-0.2, 0) is 23.9 Å². The molecule has 4 atom stereocenters. The van der Waals surface area contributed by atoms with Crippen molar-refractivity contribution in [1.82, 2.24) is 15.2 Å². The maximum absolute atomic E-state index is 13.6. The first kappa shape index (κ1) is 35.6.